The van der Waals surface area contributed by atoms with E-state index in [0.29, 0.717) is 19.0 Å². The molecule has 0 spiro atoms. The van der Waals surface area contributed by atoms with E-state index in [1.54, 1.807) is 6.92 Å². The van der Waals surface area contributed by atoms with Crippen molar-refractivity contribution in [1.82, 2.24) is 5.16 Å². The summed E-state index contributed by atoms with van der Waals surface area (Å²) < 4.78 is 16.3. The van der Waals surface area contributed by atoms with Crippen LogP contribution in [0.5, 0.6) is 0 Å². The standard InChI is InChI=1S/C14H14BrNO4/c1-2-19-14(17)13-7-12(20-16-13)9-18-8-10-3-5-11(15)6-4-10/h3-7H,2,8-9H2,1H3. The fourth-order valence-corrected chi connectivity index (χ4v) is 1.80. The molecule has 0 saturated carbocycles. The molecule has 2 aromatic rings. The van der Waals surface area contributed by atoms with E-state index >= 15 is 0 Å². The lowest BCUT2D eigenvalue weighted by Crippen LogP contribution is -2.04. The third-order valence-electron chi connectivity index (χ3n) is 2.47. The van der Waals surface area contributed by atoms with Crippen LogP contribution in [0.25, 0.3) is 0 Å². The number of carbonyl (C=O) groups is 1. The number of hydrogen-bond donors (Lipinski definition) is 0. The molecule has 1 aromatic carbocycles. The molecule has 5 nitrogen and oxygen atoms in total. The van der Waals surface area contributed by atoms with Crippen molar-refractivity contribution in [3.8, 4) is 0 Å². The average molecular weight is 340 g/mol. The monoisotopic (exact) mass is 339 g/mol. The summed E-state index contributed by atoms with van der Waals surface area (Å²) in [5, 5.41) is 3.64. The third-order valence-corrected chi connectivity index (χ3v) is 3.00. The van der Waals surface area contributed by atoms with E-state index in [2.05, 4.69) is 21.1 Å². The first kappa shape index (κ1) is 14.7. The van der Waals surface area contributed by atoms with Crippen LogP contribution in [0.15, 0.2) is 39.3 Å². The molecule has 0 aliphatic heterocycles. The van der Waals surface area contributed by atoms with Gasteiger partial charge in [-0.05, 0) is 24.6 Å². The SMILES string of the molecule is CCOC(=O)c1cc(COCc2ccc(Br)cc2)on1. The molecule has 1 heterocycles. The largest absolute Gasteiger partial charge is 0.461 e. The lowest BCUT2D eigenvalue weighted by molar-refractivity contribution is 0.0513. The number of aromatic nitrogens is 1. The molecule has 1 aromatic heterocycles. The van der Waals surface area contributed by atoms with Crippen LogP contribution in [0, 0.1) is 0 Å². The van der Waals surface area contributed by atoms with Gasteiger partial charge >= 0.3 is 5.97 Å². The molecule has 0 aliphatic carbocycles. The number of benzene rings is 1. The lowest BCUT2D eigenvalue weighted by Gasteiger charge is -2.01. The molecule has 2 rings (SSSR count). The van der Waals surface area contributed by atoms with E-state index in [9.17, 15) is 4.79 Å². The minimum Gasteiger partial charge on any atom is -0.461 e. The minimum atomic E-state index is -0.490. The van der Waals surface area contributed by atoms with Gasteiger partial charge in [-0.15, -0.1) is 0 Å². The number of hydrogen-bond acceptors (Lipinski definition) is 5. The predicted octanol–water partition coefficient (Wildman–Crippen LogP) is 3.33. The van der Waals surface area contributed by atoms with Crippen LogP contribution in [0.2, 0.25) is 0 Å². The zero-order valence-electron chi connectivity index (χ0n) is 11.0. The first-order valence-electron chi connectivity index (χ1n) is 6.14. The van der Waals surface area contributed by atoms with Gasteiger partial charge in [-0.25, -0.2) is 4.79 Å². The molecule has 0 bridgehead atoms. The fourth-order valence-electron chi connectivity index (χ4n) is 1.53. The van der Waals surface area contributed by atoms with Gasteiger partial charge < -0.3 is 14.0 Å². The highest BCUT2D eigenvalue weighted by molar-refractivity contribution is 9.10. The summed E-state index contributed by atoms with van der Waals surface area (Å²) in [6.45, 7) is 2.76. The molecule has 0 N–H and O–H groups in total. The Hall–Kier alpha value is -1.66. The summed E-state index contributed by atoms with van der Waals surface area (Å²) in [7, 11) is 0. The van der Waals surface area contributed by atoms with Crippen LogP contribution in [-0.2, 0) is 22.7 Å². The highest BCUT2D eigenvalue weighted by Crippen LogP contribution is 2.12. The molecule has 0 saturated heterocycles. The van der Waals surface area contributed by atoms with Crippen molar-refractivity contribution in [3.63, 3.8) is 0 Å². The van der Waals surface area contributed by atoms with E-state index in [-0.39, 0.29) is 12.3 Å². The van der Waals surface area contributed by atoms with Gasteiger partial charge in [0, 0.05) is 10.5 Å². The molecule has 0 amide bonds. The van der Waals surface area contributed by atoms with Crippen LogP contribution in [-0.4, -0.2) is 17.7 Å². The Morgan fingerprint density at radius 1 is 1.30 bits per heavy atom. The second kappa shape index (κ2) is 7.21. The zero-order chi connectivity index (χ0) is 14.4. The van der Waals surface area contributed by atoms with Crippen LogP contribution in [0.3, 0.4) is 0 Å². The van der Waals surface area contributed by atoms with E-state index in [0.717, 1.165) is 10.0 Å². The van der Waals surface area contributed by atoms with Crippen molar-refractivity contribution in [2.75, 3.05) is 6.61 Å². The van der Waals surface area contributed by atoms with Crippen LogP contribution in [0.4, 0.5) is 0 Å². The maximum Gasteiger partial charge on any atom is 0.360 e. The van der Waals surface area contributed by atoms with E-state index in [1.165, 1.54) is 6.07 Å². The Morgan fingerprint density at radius 2 is 2.05 bits per heavy atom. The molecule has 0 fully saturated rings. The smallest absolute Gasteiger partial charge is 0.360 e. The van der Waals surface area contributed by atoms with E-state index in [4.69, 9.17) is 14.0 Å². The summed E-state index contributed by atoms with van der Waals surface area (Å²) in [5.74, 6) is 0.000532. The van der Waals surface area contributed by atoms with Crippen molar-refractivity contribution < 1.29 is 18.8 Å². The van der Waals surface area contributed by atoms with Gasteiger partial charge in [-0.3, -0.25) is 0 Å². The van der Waals surface area contributed by atoms with E-state index < -0.39 is 5.97 Å². The quantitative estimate of drug-likeness (QED) is 0.755. The van der Waals surface area contributed by atoms with Gasteiger partial charge in [0.15, 0.2) is 11.5 Å². The number of carbonyl (C=O) groups excluding carboxylic acids is 1. The summed E-state index contributed by atoms with van der Waals surface area (Å²) in [4.78, 5) is 11.4. The molecule has 0 atom stereocenters. The minimum absolute atomic E-state index is 0.161. The third kappa shape index (κ3) is 4.18. The molecular weight excluding hydrogens is 326 g/mol. The Kier molecular flexibility index (Phi) is 5.31. The maximum atomic E-state index is 11.4. The van der Waals surface area contributed by atoms with Crippen LogP contribution in [0.1, 0.15) is 28.7 Å². The van der Waals surface area contributed by atoms with Crippen LogP contribution >= 0.6 is 15.9 Å². The van der Waals surface area contributed by atoms with E-state index in [1.807, 2.05) is 24.3 Å². The summed E-state index contributed by atoms with van der Waals surface area (Å²) in [6, 6.07) is 9.36. The average Bonchev–Trinajstić information content (AvgIpc) is 2.90. The Bertz CT molecular complexity index is 565. The van der Waals surface area contributed by atoms with Crippen molar-refractivity contribution in [2.45, 2.75) is 20.1 Å². The fraction of sp³-hybridized carbons (Fsp3) is 0.286. The second-order valence-electron chi connectivity index (χ2n) is 4.02. The number of halogens is 1. The first-order valence-corrected chi connectivity index (χ1v) is 6.93. The number of rotatable bonds is 6. The van der Waals surface area contributed by atoms with Crippen molar-refractivity contribution in [2.24, 2.45) is 0 Å². The Labute approximate surface area is 125 Å². The molecular formula is C14H14BrNO4. The molecule has 20 heavy (non-hydrogen) atoms. The Balaban J connectivity index is 1.82. The Morgan fingerprint density at radius 3 is 2.75 bits per heavy atom. The lowest BCUT2D eigenvalue weighted by atomic mass is 10.2. The second-order valence-corrected chi connectivity index (χ2v) is 4.93. The van der Waals surface area contributed by atoms with Crippen LogP contribution < -0.4 is 0 Å². The predicted molar refractivity (Wildman–Crippen MR) is 75.1 cm³/mol. The van der Waals surface area contributed by atoms with Crippen molar-refractivity contribution in [3.05, 3.63) is 51.8 Å². The molecule has 0 aliphatic rings. The summed E-state index contributed by atoms with van der Waals surface area (Å²) >= 11 is 3.37. The molecule has 0 unspecified atom stereocenters. The van der Waals surface area contributed by atoms with Crippen molar-refractivity contribution >= 4 is 21.9 Å². The molecule has 106 valence electrons. The number of nitrogens with zero attached hydrogens (tertiary/aromatic N) is 1. The van der Waals surface area contributed by atoms with Gasteiger partial charge in [0.2, 0.25) is 0 Å². The van der Waals surface area contributed by atoms with Gasteiger partial charge in [0.25, 0.3) is 0 Å². The molecule has 0 radical (unpaired) electrons. The van der Waals surface area contributed by atoms with Gasteiger partial charge in [-0.1, -0.05) is 33.2 Å². The zero-order valence-corrected chi connectivity index (χ0v) is 12.6. The number of esters is 1. The highest BCUT2D eigenvalue weighted by atomic mass is 79.9. The molecule has 6 heteroatoms. The maximum absolute atomic E-state index is 11.4. The first-order chi connectivity index (χ1) is 9.69. The highest BCUT2D eigenvalue weighted by Gasteiger charge is 2.13. The van der Waals surface area contributed by atoms with Gasteiger partial charge in [-0.2, -0.15) is 0 Å². The summed E-state index contributed by atoms with van der Waals surface area (Å²) in [6.07, 6.45) is 0. The number of ether oxygens (including phenoxy) is 2. The van der Waals surface area contributed by atoms with Gasteiger partial charge in [0.05, 0.1) is 13.2 Å². The van der Waals surface area contributed by atoms with Gasteiger partial charge in [0.1, 0.15) is 6.61 Å². The van der Waals surface area contributed by atoms with Crippen molar-refractivity contribution in [1.29, 1.82) is 0 Å². The topological polar surface area (TPSA) is 61.6 Å². The summed E-state index contributed by atoms with van der Waals surface area (Å²) in [5.41, 5.74) is 1.22. The normalized spacial score (nSPS) is 10.5.